The first kappa shape index (κ1) is 29.9. The first-order valence-electron chi connectivity index (χ1n) is 13.5. The second-order valence-electron chi connectivity index (χ2n) is 10.2. The van der Waals surface area contributed by atoms with Crippen LogP contribution in [-0.2, 0) is 4.79 Å². The molecule has 2 heterocycles. The lowest BCUT2D eigenvalue weighted by molar-refractivity contribution is -0.137. The van der Waals surface area contributed by atoms with Gasteiger partial charge in [-0.3, -0.25) is 9.78 Å². The topological polar surface area (TPSA) is 82.9 Å². The lowest BCUT2D eigenvalue weighted by Gasteiger charge is -2.39. The number of ether oxygens (including phenoxy) is 1. The molecule has 0 saturated carbocycles. The third-order valence-electron chi connectivity index (χ3n) is 7.65. The van der Waals surface area contributed by atoms with Gasteiger partial charge in [0, 0.05) is 29.4 Å². The molecule has 2 N–H and O–H groups in total. The molecule has 2 aromatic carbocycles. The molecule has 0 bridgehead atoms. The Bertz CT molecular complexity index is 1260. The Morgan fingerprint density at radius 3 is 2.85 bits per heavy atom. The van der Waals surface area contributed by atoms with Crippen molar-refractivity contribution in [1.29, 1.82) is 0 Å². The van der Waals surface area contributed by atoms with Crippen molar-refractivity contribution < 1.29 is 19.7 Å². The van der Waals surface area contributed by atoms with Gasteiger partial charge in [0.2, 0.25) is 0 Å². The Morgan fingerprint density at radius 1 is 1.21 bits per heavy atom. The predicted molar refractivity (Wildman–Crippen MR) is 159 cm³/mol. The maximum Gasteiger partial charge on any atom is 0.303 e. The van der Waals surface area contributed by atoms with Gasteiger partial charge in [0.05, 0.1) is 28.8 Å². The summed E-state index contributed by atoms with van der Waals surface area (Å²) in [5, 5.41) is 22.6. The minimum atomic E-state index is -0.752. The lowest BCUT2D eigenvalue weighted by atomic mass is 9.79. The summed E-state index contributed by atoms with van der Waals surface area (Å²) >= 11 is 14.2. The average molecular weight is 592 g/mol. The number of likely N-dealkylation sites (tertiary alicyclic amines) is 1. The molecular formula is C30H36Cl2N2O4S. The molecule has 3 atom stereocenters. The van der Waals surface area contributed by atoms with E-state index in [1.165, 1.54) is 0 Å². The Balaban J connectivity index is 1.32. The van der Waals surface area contributed by atoms with Gasteiger partial charge in [-0.25, -0.2) is 0 Å². The molecule has 4 rings (SSSR count). The van der Waals surface area contributed by atoms with Crippen LogP contribution in [0.2, 0.25) is 10.0 Å². The number of aliphatic hydroxyl groups is 1. The lowest BCUT2D eigenvalue weighted by Crippen LogP contribution is -2.41. The first-order valence-corrected chi connectivity index (χ1v) is 15.2. The molecule has 0 aliphatic carbocycles. The van der Waals surface area contributed by atoms with Gasteiger partial charge in [-0.05, 0) is 105 Å². The number of nitrogens with zero attached hydrogens (tertiary/aromatic N) is 2. The average Bonchev–Trinajstić information content (AvgIpc) is 2.94. The van der Waals surface area contributed by atoms with E-state index >= 15 is 0 Å². The van der Waals surface area contributed by atoms with Crippen molar-refractivity contribution in [2.75, 3.05) is 32.5 Å². The Kier molecular flexibility index (Phi) is 11.2. The minimum absolute atomic E-state index is 0.176. The number of piperidine rings is 1. The van der Waals surface area contributed by atoms with Gasteiger partial charge in [0.25, 0.3) is 0 Å². The second-order valence-corrected chi connectivity index (χ2v) is 12.1. The van der Waals surface area contributed by atoms with Crippen molar-refractivity contribution in [3.63, 3.8) is 0 Å². The standard InChI is InChI=1S/C30H36Cl2N2O4S/c1-38-22-8-9-26-24(18-22)23(12-14-33-26)27(35)10-6-20-13-16-34(19-21(20)7-11-29(36)37)15-3-17-39-28-5-2-4-25(31)30(28)32/h2,4-5,8-9,12,14,18,20-21,27,35H,3,6-7,10-11,13,15-17,19H2,1H3,(H,36,37)/t20-,21+,27?/m1/s1. The van der Waals surface area contributed by atoms with Crippen LogP contribution in [0.4, 0.5) is 0 Å². The van der Waals surface area contributed by atoms with Crippen molar-refractivity contribution in [1.82, 2.24) is 9.88 Å². The van der Waals surface area contributed by atoms with Gasteiger partial charge >= 0.3 is 5.97 Å². The van der Waals surface area contributed by atoms with Crippen molar-refractivity contribution >= 4 is 51.8 Å². The summed E-state index contributed by atoms with van der Waals surface area (Å²) < 4.78 is 5.38. The number of rotatable bonds is 13. The van der Waals surface area contributed by atoms with Crippen molar-refractivity contribution in [3.05, 3.63) is 64.3 Å². The van der Waals surface area contributed by atoms with E-state index in [1.54, 1.807) is 31.1 Å². The largest absolute Gasteiger partial charge is 0.497 e. The molecule has 1 saturated heterocycles. The number of carboxylic acid groups (broad SMARTS) is 1. The fraction of sp³-hybridized carbons (Fsp3) is 0.467. The highest BCUT2D eigenvalue weighted by molar-refractivity contribution is 7.99. The van der Waals surface area contributed by atoms with E-state index in [9.17, 15) is 15.0 Å². The number of halogens is 2. The summed E-state index contributed by atoms with van der Waals surface area (Å²) in [6, 6.07) is 13.3. The smallest absolute Gasteiger partial charge is 0.303 e. The van der Waals surface area contributed by atoms with Crippen LogP contribution in [0.3, 0.4) is 0 Å². The molecule has 1 aliphatic rings. The van der Waals surface area contributed by atoms with E-state index in [0.717, 1.165) is 71.8 Å². The van der Waals surface area contributed by atoms with E-state index in [1.807, 2.05) is 36.4 Å². The van der Waals surface area contributed by atoms with Crippen LogP contribution < -0.4 is 4.74 Å². The Labute approximate surface area is 244 Å². The van der Waals surface area contributed by atoms with E-state index in [-0.39, 0.29) is 6.42 Å². The van der Waals surface area contributed by atoms with Crippen LogP contribution in [0.25, 0.3) is 10.9 Å². The van der Waals surface area contributed by atoms with Gasteiger partial charge in [-0.1, -0.05) is 29.3 Å². The summed E-state index contributed by atoms with van der Waals surface area (Å²) in [6.07, 6.45) is 5.47. The normalized spacial score (nSPS) is 18.8. The van der Waals surface area contributed by atoms with Crippen LogP contribution in [0.5, 0.6) is 5.75 Å². The maximum absolute atomic E-state index is 11.4. The number of fused-ring (bicyclic) bond motifs is 1. The number of benzene rings is 2. The molecule has 1 aliphatic heterocycles. The third-order valence-corrected chi connectivity index (χ3v) is 9.72. The number of hydrogen-bond donors (Lipinski definition) is 2. The van der Waals surface area contributed by atoms with E-state index in [2.05, 4.69) is 9.88 Å². The molecule has 1 fully saturated rings. The molecule has 0 spiro atoms. The summed E-state index contributed by atoms with van der Waals surface area (Å²) in [5.41, 5.74) is 1.69. The molecule has 3 aromatic rings. The number of hydrogen-bond acceptors (Lipinski definition) is 6. The number of aromatic nitrogens is 1. The highest BCUT2D eigenvalue weighted by Gasteiger charge is 2.30. The minimum Gasteiger partial charge on any atom is -0.497 e. The fourth-order valence-electron chi connectivity index (χ4n) is 5.53. The molecule has 6 nitrogen and oxygen atoms in total. The number of carbonyl (C=O) groups is 1. The zero-order chi connectivity index (χ0) is 27.8. The molecule has 39 heavy (non-hydrogen) atoms. The molecule has 210 valence electrons. The van der Waals surface area contributed by atoms with Gasteiger partial charge in [-0.2, -0.15) is 0 Å². The summed E-state index contributed by atoms with van der Waals surface area (Å²) in [6.45, 7) is 2.85. The van der Waals surface area contributed by atoms with Crippen LogP contribution in [0.1, 0.15) is 50.2 Å². The Morgan fingerprint density at radius 2 is 2.05 bits per heavy atom. The van der Waals surface area contributed by atoms with Crippen molar-refractivity contribution in [2.45, 2.75) is 49.5 Å². The van der Waals surface area contributed by atoms with Gasteiger partial charge in [0.15, 0.2) is 0 Å². The molecular weight excluding hydrogens is 555 g/mol. The number of pyridine rings is 1. The molecule has 1 aromatic heterocycles. The summed E-state index contributed by atoms with van der Waals surface area (Å²) in [4.78, 5) is 19.2. The van der Waals surface area contributed by atoms with Gasteiger partial charge < -0.3 is 19.8 Å². The number of aliphatic carboxylic acids is 1. The number of aliphatic hydroxyl groups excluding tert-OH is 1. The quantitative estimate of drug-likeness (QED) is 0.159. The third kappa shape index (κ3) is 8.24. The van der Waals surface area contributed by atoms with E-state index in [0.29, 0.717) is 34.7 Å². The van der Waals surface area contributed by atoms with Crippen LogP contribution in [0.15, 0.2) is 53.6 Å². The monoisotopic (exact) mass is 590 g/mol. The zero-order valence-corrected chi connectivity index (χ0v) is 24.5. The fourth-order valence-corrected chi connectivity index (χ4v) is 6.96. The number of thioether (sulfide) groups is 1. The molecule has 1 unspecified atom stereocenters. The van der Waals surface area contributed by atoms with Crippen molar-refractivity contribution in [2.24, 2.45) is 11.8 Å². The second kappa shape index (κ2) is 14.6. The Hall–Kier alpha value is -2.03. The highest BCUT2D eigenvalue weighted by atomic mass is 35.5. The molecule has 9 heteroatoms. The van der Waals surface area contributed by atoms with Crippen LogP contribution >= 0.6 is 35.0 Å². The van der Waals surface area contributed by atoms with E-state index < -0.39 is 12.1 Å². The highest BCUT2D eigenvalue weighted by Crippen LogP contribution is 2.36. The predicted octanol–water partition coefficient (Wildman–Crippen LogP) is 7.35. The SMILES string of the molecule is COc1ccc2nccc(C(O)CC[C@@H]3CCN(CCCSc4cccc(Cl)c4Cl)C[C@@H]3CCC(=O)O)c2c1. The number of carboxylic acids is 1. The maximum atomic E-state index is 11.4. The molecule has 0 amide bonds. The zero-order valence-electron chi connectivity index (χ0n) is 22.2. The van der Waals surface area contributed by atoms with E-state index in [4.69, 9.17) is 27.9 Å². The van der Waals surface area contributed by atoms with Crippen LogP contribution in [-0.4, -0.2) is 58.6 Å². The molecule has 0 radical (unpaired) electrons. The number of methoxy groups -OCH3 is 1. The van der Waals surface area contributed by atoms with Gasteiger partial charge in [0.1, 0.15) is 5.75 Å². The van der Waals surface area contributed by atoms with Crippen molar-refractivity contribution in [3.8, 4) is 5.75 Å². The van der Waals surface area contributed by atoms with Crippen LogP contribution in [0, 0.1) is 11.8 Å². The summed E-state index contributed by atoms with van der Waals surface area (Å²) in [5.74, 6) is 1.61. The summed E-state index contributed by atoms with van der Waals surface area (Å²) in [7, 11) is 1.63. The first-order chi connectivity index (χ1) is 18.9. The van der Waals surface area contributed by atoms with Gasteiger partial charge in [-0.15, -0.1) is 11.8 Å².